The van der Waals surface area contributed by atoms with Crippen molar-refractivity contribution >= 4 is 17.8 Å². The van der Waals surface area contributed by atoms with E-state index in [2.05, 4.69) is 17.2 Å². The summed E-state index contributed by atoms with van der Waals surface area (Å²) in [7, 11) is 0. The van der Waals surface area contributed by atoms with Gasteiger partial charge in [-0.05, 0) is 25.5 Å². The summed E-state index contributed by atoms with van der Waals surface area (Å²) in [6, 6.07) is -0.0795. The third-order valence-corrected chi connectivity index (χ3v) is 3.71. The predicted octanol–water partition coefficient (Wildman–Crippen LogP) is 2.15. The summed E-state index contributed by atoms with van der Waals surface area (Å²) in [5.74, 6) is 1.24. The molecule has 0 unspecified atom stereocenters. The molecular formula is C11H20N2OS. The topological polar surface area (TPSA) is 41.1 Å². The minimum atomic E-state index is -0.0795. The van der Waals surface area contributed by atoms with Gasteiger partial charge in [-0.2, -0.15) is 11.8 Å². The molecule has 15 heavy (non-hydrogen) atoms. The molecule has 0 aliphatic carbocycles. The van der Waals surface area contributed by atoms with E-state index in [4.69, 9.17) is 0 Å². The van der Waals surface area contributed by atoms with Crippen LogP contribution in [0, 0.1) is 0 Å². The van der Waals surface area contributed by atoms with Crippen LogP contribution < -0.4 is 10.6 Å². The molecule has 1 aliphatic heterocycles. The van der Waals surface area contributed by atoms with Gasteiger partial charge in [-0.25, -0.2) is 4.79 Å². The van der Waals surface area contributed by atoms with Gasteiger partial charge >= 0.3 is 6.03 Å². The lowest BCUT2D eigenvalue weighted by atomic mass is 10.2. The summed E-state index contributed by atoms with van der Waals surface area (Å²) >= 11 is 1.97. The average Bonchev–Trinajstić information content (AvgIpc) is 2.25. The van der Waals surface area contributed by atoms with Crippen molar-refractivity contribution in [2.45, 2.75) is 31.4 Å². The quantitative estimate of drug-likeness (QED) is 0.724. The lowest BCUT2D eigenvalue weighted by molar-refractivity contribution is 0.241. The molecule has 2 amide bonds. The number of amides is 2. The monoisotopic (exact) mass is 228 g/mol. The molecule has 1 heterocycles. The Bertz CT molecular complexity index is 225. The van der Waals surface area contributed by atoms with Gasteiger partial charge in [0, 0.05) is 18.3 Å². The summed E-state index contributed by atoms with van der Waals surface area (Å²) in [5.41, 5.74) is 0.970. The number of hydrogen-bond acceptors (Lipinski definition) is 2. The highest BCUT2D eigenvalue weighted by molar-refractivity contribution is 7.99. The zero-order valence-electron chi connectivity index (χ0n) is 9.34. The maximum atomic E-state index is 11.3. The minimum Gasteiger partial charge on any atom is -0.337 e. The highest BCUT2D eigenvalue weighted by Gasteiger charge is 2.14. The molecule has 1 rings (SSSR count). The normalized spacial score (nSPS) is 20.7. The Labute approximate surface area is 96.1 Å². The van der Waals surface area contributed by atoms with E-state index in [0.717, 1.165) is 12.1 Å². The number of hydrogen-bond donors (Lipinski definition) is 2. The number of carbonyl (C=O) groups is 1. The fourth-order valence-electron chi connectivity index (χ4n) is 1.47. The van der Waals surface area contributed by atoms with Crippen LogP contribution in [0.25, 0.3) is 0 Å². The van der Waals surface area contributed by atoms with Gasteiger partial charge in [0.1, 0.15) is 0 Å². The average molecular weight is 228 g/mol. The predicted molar refractivity (Wildman–Crippen MR) is 66.3 cm³/mol. The number of urea groups is 1. The van der Waals surface area contributed by atoms with Crippen LogP contribution >= 0.6 is 11.8 Å². The molecule has 1 fully saturated rings. The van der Waals surface area contributed by atoms with Gasteiger partial charge in [0.05, 0.1) is 0 Å². The van der Waals surface area contributed by atoms with E-state index < -0.39 is 0 Å². The highest BCUT2D eigenvalue weighted by atomic mass is 32.2. The van der Waals surface area contributed by atoms with Crippen LogP contribution in [0.3, 0.4) is 0 Å². The van der Waals surface area contributed by atoms with Crippen molar-refractivity contribution in [1.29, 1.82) is 0 Å². The molecule has 3 nitrogen and oxygen atoms in total. The summed E-state index contributed by atoms with van der Waals surface area (Å²) in [6.07, 6.45) is 3.85. The van der Waals surface area contributed by atoms with Gasteiger partial charge in [0.25, 0.3) is 0 Å². The zero-order valence-corrected chi connectivity index (χ0v) is 10.2. The molecule has 1 saturated heterocycles. The molecule has 0 aromatic carbocycles. The lowest BCUT2D eigenvalue weighted by Gasteiger charge is -2.21. The maximum Gasteiger partial charge on any atom is 0.315 e. The van der Waals surface area contributed by atoms with E-state index in [1.54, 1.807) is 0 Å². The molecule has 4 heteroatoms. The molecule has 86 valence electrons. The number of carbonyl (C=O) groups excluding carboxylic acids is 1. The molecule has 1 atom stereocenters. The second-order valence-electron chi connectivity index (χ2n) is 4.01. The van der Waals surface area contributed by atoms with Crippen LogP contribution in [-0.2, 0) is 0 Å². The fraction of sp³-hybridized carbons (Fsp3) is 0.727. The second kappa shape index (κ2) is 6.77. The molecule has 2 N–H and O–H groups in total. The molecule has 0 spiro atoms. The first-order valence-electron chi connectivity index (χ1n) is 5.46. The Morgan fingerprint density at radius 1 is 1.47 bits per heavy atom. The molecule has 1 aliphatic rings. The third-order valence-electron chi connectivity index (χ3n) is 2.32. The van der Waals surface area contributed by atoms with Crippen molar-refractivity contribution in [2.24, 2.45) is 0 Å². The van der Waals surface area contributed by atoms with Gasteiger partial charge in [-0.3, -0.25) is 0 Å². The summed E-state index contributed by atoms with van der Waals surface area (Å²) in [4.78, 5) is 11.3. The minimum absolute atomic E-state index is 0.0795. The van der Waals surface area contributed by atoms with E-state index in [-0.39, 0.29) is 6.03 Å². The SMILES string of the molecule is C=C(C)CNC(=O)NC[C@H]1CCCCS1. The lowest BCUT2D eigenvalue weighted by Crippen LogP contribution is -2.40. The third kappa shape index (κ3) is 5.72. The van der Waals surface area contributed by atoms with Crippen LogP contribution in [0.15, 0.2) is 12.2 Å². The van der Waals surface area contributed by atoms with Crippen molar-refractivity contribution in [2.75, 3.05) is 18.8 Å². The van der Waals surface area contributed by atoms with Gasteiger partial charge in [-0.15, -0.1) is 0 Å². The molecule has 0 bridgehead atoms. The first-order chi connectivity index (χ1) is 7.18. The molecule has 0 aromatic heterocycles. The molecular weight excluding hydrogens is 208 g/mol. The van der Waals surface area contributed by atoms with E-state index in [1.165, 1.54) is 25.0 Å². The van der Waals surface area contributed by atoms with Crippen LogP contribution in [0.1, 0.15) is 26.2 Å². The van der Waals surface area contributed by atoms with Crippen molar-refractivity contribution < 1.29 is 4.79 Å². The van der Waals surface area contributed by atoms with Crippen LogP contribution in [-0.4, -0.2) is 30.1 Å². The molecule has 0 radical (unpaired) electrons. The Morgan fingerprint density at radius 2 is 2.27 bits per heavy atom. The maximum absolute atomic E-state index is 11.3. The summed E-state index contributed by atoms with van der Waals surface area (Å²) in [5, 5.41) is 6.26. The zero-order chi connectivity index (χ0) is 11.1. The van der Waals surface area contributed by atoms with Gasteiger partial charge in [0.15, 0.2) is 0 Å². The Hall–Kier alpha value is -0.640. The van der Waals surface area contributed by atoms with E-state index in [1.807, 2.05) is 18.7 Å². The van der Waals surface area contributed by atoms with Gasteiger partial charge < -0.3 is 10.6 Å². The van der Waals surface area contributed by atoms with Crippen molar-refractivity contribution in [3.63, 3.8) is 0 Å². The summed E-state index contributed by atoms with van der Waals surface area (Å²) < 4.78 is 0. The van der Waals surface area contributed by atoms with Crippen LogP contribution in [0.5, 0.6) is 0 Å². The van der Waals surface area contributed by atoms with E-state index in [0.29, 0.717) is 11.8 Å². The van der Waals surface area contributed by atoms with Gasteiger partial charge in [0.2, 0.25) is 0 Å². The van der Waals surface area contributed by atoms with Crippen molar-refractivity contribution in [3.05, 3.63) is 12.2 Å². The second-order valence-corrected chi connectivity index (χ2v) is 5.42. The van der Waals surface area contributed by atoms with Crippen molar-refractivity contribution in [3.8, 4) is 0 Å². The molecule has 0 saturated carbocycles. The van der Waals surface area contributed by atoms with E-state index in [9.17, 15) is 4.79 Å². The molecule has 0 aromatic rings. The Kier molecular flexibility index (Phi) is 5.61. The smallest absolute Gasteiger partial charge is 0.315 e. The number of rotatable bonds is 4. The van der Waals surface area contributed by atoms with Crippen LogP contribution in [0.2, 0.25) is 0 Å². The highest BCUT2D eigenvalue weighted by Crippen LogP contribution is 2.24. The fourth-order valence-corrected chi connectivity index (χ4v) is 2.71. The van der Waals surface area contributed by atoms with Gasteiger partial charge in [-0.1, -0.05) is 18.6 Å². The Balaban J connectivity index is 2.07. The summed E-state index contributed by atoms with van der Waals surface area (Å²) in [6.45, 7) is 6.97. The standard InChI is InChI=1S/C11H20N2OS/c1-9(2)7-12-11(14)13-8-10-5-3-4-6-15-10/h10H,1,3-8H2,2H3,(H2,12,13,14)/t10-/m1/s1. The first-order valence-corrected chi connectivity index (χ1v) is 6.51. The number of nitrogens with one attached hydrogen (secondary N) is 2. The van der Waals surface area contributed by atoms with E-state index >= 15 is 0 Å². The first kappa shape index (κ1) is 12.4. The Morgan fingerprint density at radius 3 is 2.87 bits per heavy atom. The largest absolute Gasteiger partial charge is 0.337 e. The van der Waals surface area contributed by atoms with Crippen molar-refractivity contribution in [1.82, 2.24) is 10.6 Å². The number of thioether (sulfide) groups is 1. The van der Waals surface area contributed by atoms with Crippen LogP contribution in [0.4, 0.5) is 4.79 Å².